The summed E-state index contributed by atoms with van der Waals surface area (Å²) in [6.07, 6.45) is -4.78. The van der Waals surface area contributed by atoms with Crippen LogP contribution >= 0.6 is 0 Å². The second-order valence-electron chi connectivity index (χ2n) is 6.93. The Morgan fingerprint density at radius 1 is 0.844 bits per heavy atom. The van der Waals surface area contributed by atoms with Crippen LogP contribution in [0.4, 0.5) is 13.2 Å². The second kappa shape index (κ2) is 7.81. The fourth-order valence-electron chi connectivity index (χ4n) is 3.34. The molecule has 1 aromatic heterocycles. The van der Waals surface area contributed by atoms with E-state index < -0.39 is 21.9 Å². The summed E-state index contributed by atoms with van der Waals surface area (Å²) >= 11 is 0. The smallest absolute Gasteiger partial charge is 0.435 e. The Labute approximate surface area is 181 Å². The van der Waals surface area contributed by atoms with Crippen LogP contribution in [0.2, 0.25) is 0 Å². The van der Waals surface area contributed by atoms with Crippen molar-refractivity contribution in [2.45, 2.75) is 11.1 Å². The van der Waals surface area contributed by atoms with Crippen LogP contribution in [-0.4, -0.2) is 23.3 Å². The van der Waals surface area contributed by atoms with E-state index in [0.29, 0.717) is 11.3 Å². The van der Waals surface area contributed by atoms with Gasteiger partial charge in [-0.05, 0) is 42.0 Å². The Morgan fingerprint density at radius 2 is 1.41 bits per heavy atom. The number of para-hydroxylation sites is 1. The molecule has 0 aliphatic heterocycles. The number of sulfonamides is 1. The number of aromatic nitrogens is 2. The number of hydrogen-bond donors (Lipinski definition) is 2. The quantitative estimate of drug-likeness (QED) is 0.467. The Kier molecular flexibility index (Phi) is 5.27. The number of phenolic OH excluding ortho intramolecular Hbond substituents is 1. The molecule has 6 nitrogen and oxygen atoms in total. The molecule has 0 aliphatic rings. The molecule has 0 saturated heterocycles. The van der Waals surface area contributed by atoms with Gasteiger partial charge in [0, 0.05) is 11.1 Å². The number of aromatic hydroxyl groups is 1. The van der Waals surface area contributed by atoms with Gasteiger partial charge < -0.3 is 5.11 Å². The third-order valence-corrected chi connectivity index (χ3v) is 5.70. The van der Waals surface area contributed by atoms with E-state index in [-0.39, 0.29) is 27.5 Å². The maximum atomic E-state index is 14.0. The number of nitrogens with zero attached hydrogens (tertiary/aromatic N) is 2. The van der Waals surface area contributed by atoms with Crippen LogP contribution in [0, 0.1) is 0 Å². The third kappa shape index (κ3) is 4.10. The van der Waals surface area contributed by atoms with E-state index in [1.807, 2.05) is 0 Å². The SMILES string of the molecule is NS(=O)(=O)c1ccc(-c2c(-c3ccc(O)cc3)c(C(F)(F)F)nn2-c2ccccc2)cc1. The molecule has 0 spiro atoms. The monoisotopic (exact) mass is 459 g/mol. The van der Waals surface area contributed by atoms with Gasteiger partial charge in [0.1, 0.15) is 5.75 Å². The molecular formula is C22H16F3N3O3S. The Bertz CT molecular complexity index is 1360. The zero-order chi connectivity index (χ0) is 23.1. The molecule has 3 aromatic carbocycles. The number of halogens is 3. The predicted octanol–water partition coefficient (Wildman–Crippen LogP) is 4.58. The number of primary sulfonamides is 1. The van der Waals surface area contributed by atoms with Gasteiger partial charge in [-0.2, -0.15) is 18.3 Å². The molecule has 3 N–H and O–H groups in total. The molecule has 4 rings (SSSR count). The highest BCUT2D eigenvalue weighted by molar-refractivity contribution is 7.89. The van der Waals surface area contributed by atoms with Crippen molar-refractivity contribution in [3.8, 4) is 33.8 Å². The van der Waals surface area contributed by atoms with E-state index in [4.69, 9.17) is 5.14 Å². The standard InChI is InChI=1S/C22H16F3N3O3S/c23-22(24,25)21-19(14-6-10-17(29)11-7-14)20(28(27-21)16-4-2-1-3-5-16)15-8-12-18(13-9-15)32(26,30)31/h1-13,29H,(H2,26,30,31). The highest BCUT2D eigenvalue weighted by Crippen LogP contribution is 2.43. The molecule has 0 amide bonds. The Hall–Kier alpha value is -3.63. The normalized spacial score (nSPS) is 12.1. The fraction of sp³-hybridized carbons (Fsp3) is 0.0455. The highest BCUT2D eigenvalue weighted by atomic mass is 32.2. The average molecular weight is 459 g/mol. The van der Waals surface area contributed by atoms with Crippen molar-refractivity contribution in [3.63, 3.8) is 0 Å². The fourth-order valence-corrected chi connectivity index (χ4v) is 3.86. The molecule has 10 heteroatoms. The van der Waals surface area contributed by atoms with Crippen LogP contribution in [0.15, 0.2) is 83.8 Å². The van der Waals surface area contributed by atoms with Crippen LogP contribution in [0.1, 0.15) is 5.69 Å². The summed E-state index contributed by atoms with van der Waals surface area (Å²) in [5.41, 5.74) is -0.346. The molecule has 4 aromatic rings. The van der Waals surface area contributed by atoms with Crippen LogP contribution in [-0.2, 0) is 16.2 Å². The minimum absolute atomic E-state index is 0.100. The van der Waals surface area contributed by atoms with Gasteiger partial charge in [-0.25, -0.2) is 18.2 Å². The zero-order valence-electron chi connectivity index (χ0n) is 16.3. The maximum absolute atomic E-state index is 14.0. The first kappa shape index (κ1) is 21.6. The lowest BCUT2D eigenvalue weighted by atomic mass is 9.98. The lowest BCUT2D eigenvalue weighted by molar-refractivity contribution is -0.140. The second-order valence-corrected chi connectivity index (χ2v) is 8.50. The summed E-state index contributed by atoms with van der Waals surface area (Å²) < 4.78 is 66.5. The van der Waals surface area contributed by atoms with E-state index >= 15 is 0 Å². The molecule has 164 valence electrons. The number of alkyl halides is 3. The molecule has 0 saturated carbocycles. The van der Waals surface area contributed by atoms with Gasteiger partial charge in [0.25, 0.3) is 0 Å². The van der Waals surface area contributed by atoms with Gasteiger partial charge >= 0.3 is 6.18 Å². The molecule has 1 heterocycles. The van der Waals surface area contributed by atoms with Crippen molar-refractivity contribution in [2.24, 2.45) is 5.14 Å². The van der Waals surface area contributed by atoms with Crippen molar-refractivity contribution in [2.75, 3.05) is 0 Å². The minimum atomic E-state index is -4.78. The lowest BCUT2D eigenvalue weighted by Gasteiger charge is -2.12. The summed E-state index contributed by atoms with van der Waals surface area (Å²) in [5, 5.41) is 18.6. The molecule has 0 unspecified atom stereocenters. The molecule has 0 atom stereocenters. The van der Waals surface area contributed by atoms with E-state index in [1.54, 1.807) is 30.3 Å². The van der Waals surface area contributed by atoms with Crippen LogP contribution < -0.4 is 5.14 Å². The summed E-state index contributed by atoms with van der Waals surface area (Å²) in [5.74, 6) is -0.100. The number of nitrogens with two attached hydrogens (primary N) is 1. The summed E-state index contributed by atoms with van der Waals surface area (Å²) in [4.78, 5) is -0.172. The lowest BCUT2D eigenvalue weighted by Crippen LogP contribution is -2.11. The number of benzene rings is 3. The van der Waals surface area contributed by atoms with E-state index in [9.17, 15) is 26.7 Å². The molecule has 0 aliphatic carbocycles. The highest BCUT2D eigenvalue weighted by Gasteiger charge is 2.40. The topological polar surface area (TPSA) is 98.2 Å². The molecular weight excluding hydrogens is 443 g/mol. The summed E-state index contributed by atoms with van der Waals surface area (Å²) in [7, 11) is -3.98. The van der Waals surface area contributed by atoms with Gasteiger partial charge in [-0.1, -0.05) is 42.5 Å². The van der Waals surface area contributed by atoms with Gasteiger partial charge in [0.2, 0.25) is 10.0 Å². The van der Waals surface area contributed by atoms with Crippen LogP contribution in [0.25, 0.3) is 28.1 Å². The third-order valence-electron chi connectivity index (χ3n) is 4.77. The van der Waals surface area contributed by atoms with Crippen molar-refractivity contribution in [3.05, 3.63) is 84.6 Å². The van der Waals surface area contributed by atoms with Crippen molar-refractivity contribution in [1.82, 2.24) is 9.78 Å². The van der Waals surface area contributed by atoms with Gasteiger partial charge in [0.05, 0.1) is 16.3 Å². The van der Waals surface area contributed by atoms with E-state index in [1.165, 1.54) is 48.5 Å². The first-order valence-electron chi connectivity index (χ1n) is 9.24. The molecule has 32 heavy (non-hydrogen) atoms. The summed E-state index contributed by atoms with van der Waals surface area (Å²) in [6, 6.07) is 18.7. The number of hydrogen-bond acceptors (Lipinski definition) is 4. The predicted molar refractivity (Wildman–Crippen MR) is 112 cm³/mol. The number of rotatable bonds is 4. The Balaban J connectivity index is 2.07. The zero-order valence-corrected chi connectivity index (χ0v) is 17.1. The van der Waals surface area contributed by atoms with Gasteiger partial charge in [0.15, 0.2) is 5.69 Å². The first-order chi connectivity index (χ1) is 15.1. The maximum Gasteiger partial charge on any atom is 0.435 e. The van der Waals surface area contributed by atoms with Crippen LogP contribution in [0.5, 0.6) is 5.75 Å². The van der Waals surface area contributed by atoms with E-state index in [0.717, 1.165) is 4.68 Å². The largest absolute Gasteiger partial charge is 0.508 e. The van der Waals surface area contributed by atoms with E-state index in [2.05, 4.69) is 5.10 Å². The molecule has 0 radical (unpaired) electrons. The molecule has 0 fully saturated rings. The summed E-state index contributed by atoms with van der Waals surface area (Å²) in [6.45, 7) is 0. The van der Waals surface area contributed by atoms with Crippen molar-refractivity contribution < 1.29 is 26.7 Å². The Morgan fingerprint density at radius 3 is 1.94 bits per heavy atom. The van der Waals surface area contributed by atoms with Gasteiger partial charge in [-0.3, -0.25) is 0 Å². The first-order valence-corrected chi connectivity index (χ1v) is 10.8. The van der Waals surface area contributed by atoms with Crippen molar-refractivity contribution >= 4 is 10.0 Å². The molecule has 0 bridgehead atoms. The van der Waals surface area contributed by atoms with Crippen molar-refractivity contribution in [1.29, 1.82) is 0 Å². The minimum Gasteiger partial charge on any atom is -0.508 e. The number of phenols is 1. The van der Waals surface area contributed by atoms with Gasteiger partial charge in [-0.15, -0.1) is 0 Å². The average Bonchev–Trinajstić information content (AvgIpc) is 3.15. The van der Waals surface area contributed by atoms with Crippen LogP contribution in [0.3, 0.4) is 0 Å².